The number of amides is 1. The van der Waals surface area contributed by atoms with Gasteiger partial charge in [0.25, 0.3) is 0 Å². The Balaban J connectivity index is 1.65. The monoisotopic (exact) mass is 309 g/mol. The van der Waals surface area contributed by atoms with Crippen LogP contribution in [0.4, 0.5) is 0 Å². The second-order valence-electron chi connectivity index (χ2n) is 4.80. The second-order valence-corrected chi connectivity index (χ2v) is 5.74. The molecule has 112 valence electrons. The van der Waals surface area contributed by atoms with Crippen molar-refractivity contribution in [3.63, 3.8) is 0 Å². The maximum absolute atomic E-state index is 12.4. The average molecular weight is 309 g/mol. The molecule has 1 aliphatic rings. The first-order chi connectivity index (χ1) is 10.1. The van der Waals surface area contributed by atoms with Gasteiger partial charge in [0.05, 0.1) is 5.75 Å². The largest absolute Gasteiger partial charge is 0.337 e. The van der Waals surface area contributed by atoms with Crippen LogP contribution in [0.1, 0.15) is 30.6 Å². The summed E-state index contributed by atoms with van der Waals surface area (Å²) in [5.41, 5.74) is 0. The number of thioether (sulfide) groups is 1. The number of tetrazole rings is 1. The maximum Gasteiger partial charge on any atom is 0.249 e. The number of hydrogen-bond donors (Lipinski definition) is 0. The molecule has 2 aromatic heterocycles. The van der Waals surface area contributed by atoms with Crippen molar-refractivity contribution in [2.75, 3.05) is 12.3 Å². The third kappa shape index (κ3) is 2.89. The zero-order valence-electron chi connectivity index (χ0n) is 11.8. The first-order valence-corrected chi connectivity index (χ1v) is 7.58. The molecule has 1 amide bonds. The smallest absolute Gasteiger partial charge is 0.249 e. The summed E-state index contributed by atoms with van der Waals surface area (Å²) < 4.78 is 6.74. The molecule has 0 radical (unpaired) electrons. The highest BCUT2D eigenvalue weighted by Crippen LogP contribution is 2.31. The topological polar surface area (TPSA) is 103 Å². The summed E-state index contributed by atoms with van der Waals surface area (Å²) in [4.78, 5) is 18.4. The second kappa shape index (κ2) is 5.80. The van der Waals surface area contributed by atoms with E-state index in [1.54, 1.807) is 23.6 Å². The van der Waals surface area contributed by atoms with E-state index in [9.17, 15) is 4.79 Å². The van der Waals surface area contributed by atoms with Crippen molar-refractivity contribution in [2.45, 2.75) is 31.0 Å². The van der Waals surface area contributed by atoms with E-state index in [4.69, 9.17) is 4.52 Å². The molecule has 0 aliphatic carbocycles. The minimum Gasteiger partial charge on any atom is -0.337 e. The number of carbonyl (C=O) groups is 1. The minimum atomic E-state index is -0.114. The van der Waals surface area contributed by atoms with Crippen LogP contribution in [0.5, 0.6) is 0 Å². The van der Waals surface area contributed by atoms with Crippen LogP contribution >= 0.6 is 11.8 Å². The molecular weight excluding hydrogens is 294 g/mol. The van der Waals surface area contributed by atoms with Crippen molar-refractivity contribution >= 4 is 17.7 Å². The van der Waals surface area contributed by atoms with Crippen molar-refractivity contribution < 1.29 is 9.32 Å². The van der Waals surface area contributed by atoms with E-state index in [1.807, 2.05) is 0 Å². The van der Waals surface area contributed by atoms with Crippen LogP contribution in [0.3, 0.4) is 0 Å². The van der Waals surface area contributed by atoms with E-state index in [-0.39, 0.29) is 17.7 Å². The molecule has 10 heteroatoms. The summed E-state index contributed by atoms with van der Waals surface area (Å²) in [6, 6.07) is -0.114. The average Bonchev–Trinajstić information content (AvgIpc) is 3.16. The van der Waals surface area contributed by atoms with Gasteiger partial charge in [-0.3, -0.25) is 4.79 Å². The summed E-state index contributed by atoms with van der Waals surface area (Å²) in [6.07, 6.45) is 1.79. The van der Waals surface area contributed by atoms with E-state index >= 15 is 0 Å². The quantitative estimate of drug-likeness (QED) is 0.746. The van der Waals surface area contributed by atoms with Gasteiger partial charge in [-0.1, -0.05) is 16.9 Å². The van der Waals surface area contributed by atoms with Crippen molar-refractivity contribution in [1.82, 2.24) is 35.2 Å². The summed E-state index contributed by atoms with van der Waals surface area (Å²) in [5.74, 6) is 1.42. The number of carbonyl (C=O) groups excluding carboxylic acids is 1. The highest BCUT2D eigenvalue weighted by Gasteiger charge is 2.33. The van der Waals surface area contributed by atoms with Crippen LogP contribution in [0.15, 0.2) is 9.68 Å². The minimum absolute atomic E-state index is 0.0290. The Kier molecular flexibility index (Phi) is 3.86. The molecule has 3 heterocycles. The molecule has 1 atom stereocenters. The van der Waals surface area contributed by atoms with Gasteiger partial charge in [0.15, 0.2) is 5.82 Å². The lowest BCUT2D eigenvalue weighted by atomic mass is 10.2. The zero-order valence-corrected chi connectivity index (χ0v) is 12.6. The van der Waals surface area contributed by atoms with Gasteiger partial charge >= 0.3 is 0 Å². The molecule has 1 fully saturated rings. The Morgan fingerprint density at radius 3 is 3.05 bits per heavy atom. The molecule has 1 unspecified atom stereocenters. The molecule has 1 saturated heterocycles. The molecule has 0 bridgehead atoms. The SMILES string of the molecule is Cc1noc(C2CCCN2C(=O)CSc2nnnn2C)n1. The lowest BCUT2D eigenvalue weighted by Crippen LogP contribution is -2.32. The lowest BCUT2D eigenvalue weighted by Gasteiger charge is -2.21. The maximum atomic E-state index is 12.4. The van der Waals surface area contributed by atoms with Gasteiger partial charge in [-0.15, -0.1) is 5.10 Å². The molecule has 1 aliphatic heterocycles. The van der Waals surface area contributed by atoms with Gasteiger partial charge < -0.3 is 9.42 Å². The van der Waals surface area contributed by atoms with Crippen LogP contribution in [0, 0.1) is 6.92 Å². The molecule has 9 nitrogen and oxygen atoms in total. The van der Waals surface area contributed by atoms with Crippen LogP contribution < -0.4 is 0 Å². The van der Waals surface area contributed by atoms with Crippen LogP contribution in [-0.4, -0.2) is 53.5 Å². The standard InChI is InChI=1S/C11H15N7O2S/c1-7-12-10(20-14-7)8-4-3-5-18(8)9(19)6-21-11-13-15-16-17(11)2/h8H,3-6H2,1-2H3. The van der Waals surface area contributed by atoms with E-state index in [1.165, 1.54) is 11.8 Å². The molecule has 3 rings (SSSR count). The van der Waals surface area contributed by atoms with Gasteiger partial charge in [0, 0.05) is 13.6 Å². The molecule has 21 heavy (non-hydrogen) atoms. The van der Waals surface area contributed by atoms with E-state index < -0.39 is 0 Å². The third-order valence-corrected chi connectivity index (χ3v) is 4.30. The van der Waals surface area contributed by atoms with Crippen LogP contribution in [-0.2, 0) is 11.8 Å². The number of aryl methyl sites for hydroxylation is 2. The fourth-order valence-corrected chi connectivity index (χ4v) is 3.06. The first kappa shape index (κ1) is 14.0. The van der Waals surface area contributed by atoms with Crippen molar-refractivity contribution in [2.24, 2.45) is 7.05 Å². The molecule has 2 aromatic rings. The summed E-state index contributed by atoms with van der Waals surface area (Å²) in [5, 5.41) is 15.5. The highest BCUT2D eigenvalue weighted by molar-refractivity contribution is 7.99. The van der Waals surface area contributed by atoms with Gasteiger partial charge in [0.2, 0.25) is 17.0 Å². The summed E-state index contributed by atoms with van der Waals surface area (Å²) in [7, 11) is 1.74. The number of aromatic nitrogens is 6. The Morgan fingerprint density at radius 1 is 1.52 bits per heavy atom. The Labute approximate surface area is 125 Å². The third-order valence-electron chi connectivity index (χ3n) is 3.31. The summed E-state index contributed by atoms with van der Waals surface area (Å²) >= 11 is 1.32. The molecular formula is C11H15N7O2S. The normalized spacial score (nSPS) is 18.4. The lowest BCUT2D eigenvalue weighted by molar-refractivity contribution is -0.129. The summed E-state index contributed by atoms with van der Waals surface area (Å²) in [6.45, 7) is 2.48. The van der Waals surface area contributed by atoms with Crippen LogP contribution in [0.2, 0.25) is 0 Å². The number of nitrogens with zero attached hydrogens (tertiary/aromatic N) is 7. The predicted octanol–water partition coefficient (Wildman–Crippen LogP) is 0.357. The molecule has 0 N–H and O–H groups in total. The van der Waals surface area contributed by atoms with Gasteiger partial charge in [0.1, 0.15) is 6.04 Å². The van der Waals surface area contributed by atoms with E-state index in [0.717, 1.165) is 12.8 Å². The number of hydrogen-bond acceptors (Lipinski definition) is 8. The zero-order chi connectivity index (χ0) is 14.8. The highest BCUT2D eigenvalue weighted by atomic mass is 32.2. The fraction of sp³-hybridized carbons (Fsp3) is 0.636. The first-order valence-electron chi connectivity index (χ1n) is 6.60. The Bertz CT molecular complexity index is 640. The molecule has 0 saturated carbocycles. The van der Waals surface area contributed by atoms with Gasteiger partial charge in [-0.25, -0.2) is 4.68 Å². The molecule has 0 spiro atoms. The fourth-order valence-electron chi connectivity index (χ4n) is 2.32. The van der Waals surface area contributed by atoms with Crippen molar-refractivity contribution in [3.05, 3.63) is 11.7 Å². The number of rotatable bonds is 4. The molecule has 0 aromatic carbocycles. The van der Waals surface area contributed by atoms with Crippen molar-refractivity contribution in [1.29, 1.82) is 0 Å². The van der Waals surface area contributed by atoms with Gasteiger partial charge in [-0.05, 0) is 30.2 Å². The Hall–Kier alpha value is -1.97. The van der Waals surface area contributed by atoms with Crippen LogP contribution in [0.25, 0.3) is 0 Å². The Morgan fingerprint density at radius 2 is 2.38 bits per heavy atom. The predicted molar refractivity (Wildman–Crippen MR) is 72.2 cm³/mol. The van der Waals surface area contributed by atoms with E-state index in [0.29, 0.717) is 23.4 Å². The van der Waals surface area contributed by atoms with Crippen molar-refractivity contribution in [3.8, 4) is 0 Å². The van der Waals surface area contributed by atoms with E-state index in [2.05, 4.69) is 25.7 Å². The number of likely N-dealkylation sites (tertiary alicyclic amines) is 1. The van der Waals surface area contributed by atoms with Gasteiger partial charge in [-0.2, -0.15) is 4.98 Å².